The summed E-state index contributed by atoms with van der Waals surface area (Å²) in [5.74, 6) is 1.04. The Kier molecular flexibility index (Phi) is 7.17. The van der Waals surface area contributed by atoms with E-state index in [1.807, 2.05) is 25.5 Å². The number of aromatic nitrogens is 3. The Morgan fingerprint density at radius 3 is 2.67 bits per heavy atom. The molecule has 2 aromatic heterocycles. The first kappa shape index (κ1) is 28.5. The second-order valence-corrected chi connectivity index (χ2v) is 12.5. The number of nitrogens with two attached hydrogens (primary N) is 1. The highest BCUT2D eigenvalue weighted by Crippen LogP contribution is 2.42. The Balaban J connectivity index is 1.46. The van der Waals surface area contributed by atoms with Crippen molar-refractivity contribution in [2.45, 2.75) is 63.9 Å². The van der Waals surface area contributed by atoms with Crippen LogP contribution in [0.4, 0.5) is 10.1 Å². The van der Waals surface area contributed by atoms with E-state index in [0.29, 0.717) is 29.8 Å². The van der Waals surface area contributed by atoms with Gasteiger partial charge in [-0.3, -0.25) is 4.79 Å². The van der Waals surface area contributed by atoms with Crippen molar-refractivity contribution in [3.63, 3.8) is 0 Å². The topological polar surface area (TPSA) is 102 Å². The molecule has 9 nitrogen and oxygen atoms in total. The van der Waals surface area contributed by atoms with Crippen LogP contribution in [0, 0.1) is 0 Å². The van der Waals surface area contributed by atoms with E-state index in [4.69, 9.17) is 15.5 Å². The summed E-state index contributed by atoms with van der Waals surface area (Å²) in [5.41, 5.74) is 10.4. The molecule has 1 fully saturated rings. The number of carbonyl (C=O) groups is 1. The fourth-order valence-electron chi connectivity index (χ4n) is 6.68. The highest BCUT2D eigenvalue weighted by atomic mass is 19.1. The number of rotatable bonds is 7. The van der Waals surface area contributed by atoms with Gasteiger partial charge in [0.1, 0.15) is 17.4 Å². The van der Waals surface area contributed by atoms with Crippen molar-refractivity contribution >= 4 is 33.5 Å². The zero-order chi connectivity index (χ0) is 29.9. The molecular formula is C32H41FN6O3. The summed E-state index contributed by atoms with van der Waals surface area (Å²) in [6.07, 6.45) is 0.743. The number of imidazole rings is 1. The molecule has 6 rings (SSSR count). The number of carbonyl (C=O) groups excluding carboxylic acids is 1. The lowest BCUT2D eigenvalue weighted by molar-refractivity contribution is 0.0606. The molecule has 3 atom stereocenters. The van der Waals surface area contributed by atoms with Crippen molar-refractivity contribution in [3.05, 3.63) is 42.0 Å². The maximum Gasteiger partial charge on any atom is 0.254 e. The average Bonchev–Trinajstić information content (AvgIpc) is 3.49. The number of anilines is 1. The van der Waals surface area contributed by atoms with Crippen LogP contribution in [0.25, 0.3) is 33.5 Å². The third kappa shape index (κ3) is 4.90. The molecule has 10 heteroatoms. The molecule has 0 spiro atoms. The van der Waals surface area contributed by atoms with Crippen molar-refractivity contribution in [1.29, 1.82) is 0 Å². The summed E-state index contributed by atoms with van der Waals surface area (Å²) in [5, 5.41) is 11.5. The van der Waals surface area contributed by atoms with Crippen LogP contribution in [0.5, 0.6) is 5.75 Å². The first-order chi connectivity index (χ1) is 20.0. The molecule has 0 saturated carbocycles. The van der Waals surface area contributed by atoms with Crippen LogP contribution in [-0.2, 0) is 7.05 Å². The highest BCUT2D eigenvalue weighted by molar-refractivity contribution is 6.01. The number of methoxy groups -OCH3 is 1. The lowest BCUT2D eigenvalue weighted by atomic mass is 10.0. The summed E-state index contributed by atoms with van der Waals surface area (Å²) in [6.45, 7) is 7.87. The van der Waals surface area contributed by atoms with Gasteiger partial charge >= 0.3 is 0 Å². The smallest absolute Gasteiger partial charge is 0.254 e. The van der Waals surface area contributed by atoms with Crippen LogP contribution < -0.4 is 15.4 Å². The minimum absolute atomic E-state index is 0.0357. The van der Waals surface area contributed by atoms with E-state index < -0.39 is 11.8 Å². The number of para-hydroxylation sites is 1. The molecule has 2 aliphatic heterocycles. The van der Waals surface area contributed by atoms with Gasteiger partial charge in [0.2, 0.25) is 0 Å². The van der Waals surface area contributed by atoms with E-state index in [9.17, 15) is 14.3 Å². The predicted octanol–water partition coefficient (Wildman–Crippen LogP) is 4.65. The average molecular weight is 577 g/mol. The molecule has 42 heavy (non-hydrogen) atoms. The molecular weight excluding hydrogens is 535 g/mol. The summed E-state index contributed by atoms with van der Waals surface area (Å²) < 4.78 is 24.4. The molecule has 0 aliphatic carbocycles. The van der Waals surface area contributed by atoms with Gasteiger partial charge in [0.25, 0.3) is 5.91 Å². The van der Waals surface area contributed by atoms with Gasteiger partial charge in [0.05, 0.1) is 47.7 Å². The van der Waals surface area contributed by atoms with Gasteiger partial charge in [-0.15, -0.1) is 0 Å². The van der Waals surface area contributed by atoms with Gasteiger partial charge in [0.15, 0.2) is 5.82 Å². The third-order valence-electron chi connectivity index (χ3n) is 8.79. The Bertz CT molecular complexity index is 1640. The number of alkyl halides is 1. The molecule has 0 radical (unpaired) electrons. The van der Waals surface area contributed by atoms with Crippen LogP contribution in [0.15, 0.2) is 36.4 Å². The Labute approximate surface area is 245 Å². The summed E-state index contributed by atoms with van der Waals surface area (Å²) in [7, 11) is 3.55. The minimum Gasteiger partial charge on any atom is -0.494 e. The minimum atomic E-state index is -1.13. The van der Waals surface area contributed by atoms with Gasteiger partial charge in [-0.25, -0.2) is 9.37 Å². The number of hydrogen-bond acceptors (Lipinski definition) is 6. The van der Waals surface area contributed by atoms with Crippen molar-refractivity contribution in [2.24, 2.45) is 12.8 Å². The van der Waals surface area contributed by atoms with Gasteiger partial charge in [0, 0.05) is 43.7 Å². The second kappa shape index (κ2) is 10.6. The lowest BCUT2D eigenvalue weighted by Gasteiger charge is -2.37. The molecule has 224 valence electrons. The van der Waals surface area contributed by atoms with Crippen LogP contribution >= 0.6 is 0 Å². The number of aliphatic hydroxyl groups is 1. The number of benzene rings is 2. The number of likely N-dealkylation sites (tertiary alicyclic amines) is 1. The number of hydrogen-bond donors (Lipinski definition) is 2. The van der Waals surface area contributed by atoms with Crippen molar-refractivity contribution in [1.82, 2.24) is 19.0 Å². The van der Waals surface area contributed by atoms with E-state index in [1.54, 1.807) is 19.2 Å². The number of fused-ring (bicyclic) bond motifs is 1. The largest absolute Gasteiger partial charge is 0.494 e. The first-order valence-electron chi connectivity index (χ1n) is 14.8. The molecule has 3 N–H and O–H groups in total. The Hall–Kier alpha value is -3.63. The van der Waals surface area contributed by atoms with Crippen molar-refractivity contribution < 1.29 is 19.0 Å². The SMILES string of the molecule is CCC1CN(CCC(C)(C)O)c2cccc3cc(-c4nc5cc(C(=O)N6C[C@H](N)C[C@@H](F)C6)cc(OC)c5n4C)n1c23. The van der Waals surface area contributed by atoms with Crippen LogP contribution in [0.2, 0.25) is 0 Å². The van der Waals surface area contributed by atoms with E-state index in [0.717, 1.165) is 47.6 Å². The summed E-state index contributed by atoms with van der Waals surface area (Å²) in [4.78, 5) is 22.4. The molecule has 0 bridgehead atoms. The molecule has 1 unspecified atom stereocenters. The van der Waals surface area contributed by atoms with Gasteiger partial charge in [-0.1, -0.05) is 19.1 Å². The number of nitrogens with zero attached hydrogens (tertiary/aromatic N) is 5. The fraction of sp³-hybridized carbons (Fsp3) is 0.500. The standard InChI is InChI=1S/C32H41FN6O3/c1-6-23-18-37(11-10-32(2,3)41)25-9-7-8-19-13-26(39(23)28(19)25)30-35-24-12-20(14-27(42-5)29(24)36(30)4)31(40)38-16-21(33)15-22(34)17-38/h7-9,12-14,21-23,41H,6,10-11,15-18,34H2,1-5H3/t21-,22-,23?/m1/s1. The van der Waals surface area contributed by atoms with E-state index in [2.05, 4.69) is 40.7 Å². The Morgan fingerprint density at radius 1 is 1.19 bits per heavy atom. The summed E-state index contributed by atoms with van der Waals surface area (Å²) in [6, 6.07) is 11.9. The summed E-state index contributed by atoms with van der Waals surface area (Å²) >= 11 is 0. The van der Waals surface area contributed by atoms with E-state index in [1.165, 1.54) is 10.4 Å². The molecule has 2 aromatic carbocycles. The maximum absolute atomic E-state index is 14.2. The van der Waals surface area contributed by atoms with Gasteiger partial charge in [-0.05, 0) is 57.4 Å². The highest BCUT2D eigenvalue weighted by Gasteiger charge is 2.32. The molecule has 2 aliphatic rings. The fourth-order valence-corrected chi connectivity index (χ4v) is 6.68. The zero-order valence-electron chi connectivity index (χ0n) is 25.1. The number of amides is 1. The number of piperidine rings is 1. The third-order valence-corrected chi connectivity index (χ3v) is 8.79. The van der Waals surface area contributed by atoms with Crippen LogP contribution in [0.1, 0.15) is 56.4 Å². The molecule has 1 saturated heterocycles. The monoisotopic (exact) mass is 576 g/mol. The normalized spacial score (nSPS) is 21.0. The lowest BCUT2D eigenvalue weighted by Crippen LogP contribution is -2.50. The van der Waals surface area contributed by atoms with Crippen LogP contribution in [0.3, 0.4) is 0 Å². The van der Waals surface area contributed by atoms with E-state index >= 15 is 0 Å². The maximum atomic E-state index is 14.2. The second-order valence-electron chi connectivity index (χ2n) is 12.5. The van der Waals surface area contributed by atoms with E-state index in [-0.39, 0.29) is 31.0 Å². The van der Waals surface area contributed by atoms with Gasteiger partial charge in [-0.2, -0.15) is 0 Å². The number of aryl methyl sites for hydroxylation is 1. The molecule has 1 amide bonds. The number of halogens is 1. The van der Waals surface area contributed by atoms with Crippen molar-refractivity contribution in [3.8, 4) is 17.3 Å². The quantitative estimate of drug-likeness (QED) is 0.332. The predicted molar refractivity (Wildman–Crippen MR) is 164 cm³/mol. The molecule has 4 aromatic rings. The van der Waals surface area contributed by atoms with Gasteiger partial charge < -0.3 is 34.5 Å². The number of ether oxygens (including phenoxy) is 1. The Morgan fingerprint density at radius 2 is 1.98 bits per heavy atom. The zero-order valence-corrected chi connectivity index (χ0v) is 25.1. The van der Waals surface area contributed by atoms with Crippen LogP contribution in [-0.4, -0.2) is 81.1 Å². The molecule has 4 heterocycles. The van der Waals surface area contributed by atoms with Crippen molar-refractivity contribution in [2.75, 3.05) is 38.2 Å². The first-order valence-corrected chi connectivity index (χ1v) is 14.8.